The molecule has 4 N–H and O–H groups in total. The SMILES string of the molecule is CC1(C)CC(C(CCCCCCCC(=O)O)(C(=O)O)C2CC(C)(C)NC(C)(C)C2)CC(C)(C)N1.CCCCCCCCCCCC(=O)[O-].CCCCCCCCCCCC(=O)[O-].CCCCCCCCCCCC(=O)[O-].CCCCCCCCCCCC(=O)[O-].[Zn+2].[Zn+2]. The number of hydrogen-bond donors (Lipinski definition) is 4. The van der Waals surface area contributed by atoms with Gasteiger partial charge in [0.25, 0.3) is 0 Å². The number of hydrogen-bond acceptors (Lipinski definition) is 12. The van der Waals surface area contributed by atoms with Crippen LogP contribution in [0.4, 0.5) is 0 Å². The molecule has 2 rings (SSSR count). The molecule has 2 aliphatic heterocycles. The summed E-state index contributed by atoms with van der Waals surface area (Å²) in [4.78, 5) is 64.6. The molecular formula is C76H144N2O12Zn2. The van der Waals surface area contributed by atoms with Crippen LogP contribution >= 0.6 is 0 Å². The van der Waals surface area contributed by atoms with Gasteiger partial charge in [-0.05, 0) is 157 Å². The van der Waals surface area contributed by atoms with Crippen LogP contribution in [0.25, 0.3) is 0 Å². The average Bonchev–Trinajstić information content (AvgIpc) is 0.750. The monoisotopic (exact) mass is 1400 g/mol. The van der Waals surface area contributed by atoms with Crippen LogP contribution < -0.4 is 31.1 Å². The van der Waals surface area contributed by atoms with E-state index < -0.39 is 41.2 Å². The van der Waals surface area contributed by atoms with Crippen LogP contribution in [0.3, 0.4) is 0 Å². The Bertz CT molecular complexity index is 1580. The van der Waals surface area contributed by atoms with Crippen molar-refractivity contribution in [2.75, 3.05) is 0 Å². The normalized spacial score (nSPS) is 15.4. The predicted octanol–water partition coefficient (Wildman–Crippen LogP) is 16.6. The van der Waals surface area contributed by atoms with E-state index >= 15 is 0 Å². The number of piperidine rings is 2. The summed E-state index contributed by atoms with van der Waals surface area (Å²) in [7, 11) is 0. The topological polar surface area (TPSA) is 259 Å². The Balaban J connectivity index is -0.000000368. The van der Waals surface area contributed by atoms with Crippen LogP contribution in [0.1, 0.15) is 411 Å². The van der Waals surface area contributed by atoms with E-state index in [1.807, 2.05) is 0 Å². The van der Waals surface area contributed by atoms with Crippen molar-refractivity contribution in [2.45, 2.75) is 433 Å². The number of nitrogens with one attached hydrogen (secondary N) is 2. The van der Waals surface area contributed by atoms with Crippen molar-refractivity contribution in [1.82, 2.24) is 10.6 Å². The first-order valence-corrected chi connectivity index (χ1v) is 37.3. The third-order valence-corrected chi connectivity index (χ3v) is 18.2. The summed E-state index contributed by atoms with van der Waals surface area (Å²) >= 11 is 0. The third kappa shape index (κ3) is 62.8. The van der Waals surface area contributed by atoms with E-state index in [9.17, 15) is 54.3 Å². The number of rotatable bonds is 51. The summed E-state index contributed by atoms with van der Waals surface area (Å²) in [6.45, 7) is 26.6. The van der Waals surface area contributed by atoms with E-state index in [0.717, 1.165) is 103 Å². The minimum absolute atomic E-state index is 0. The number of carboxylic acid groups (broad SMARTS) is 6. The fourth-order valence-corrected chi connectivity index (χ4v) is 14.1. The van der Waals surface area contributed by atoms with Crippen molar-refractivity contribution in [1.29, 1.82) is 0 Å². The van der Waals surface area contributed by atoms with E-state index in [0.29, 0.717) is 12.8 Å². The number of carboxylic acids is 6. The van der Waals surface area contributed by atoms with Gasteiger partial charge in [0, 0.05) is 52.5 Å². The van der Waals surface area contributed by atoms with Crippen LogP contribution in [0.2, 0.25) is 0 Å². The maximum Gasteiger partial charge on any atom is 2.00 e. The van der Waals surface area contributed by atoms with E-state index in [1.165, 1.54) is 180 Å². The summed E-state index contributed by atoms with van der Waals surface area (Å²) in [6.07, 6.45) is 53.5. The second kappa shape index (κ2) is 62.5. The molecule has 0 spiro atoms. The van der Waals surface area contributed by atoms with Gasteiger partial charge in [-0.3, -0.25) is 9.59 Å². The molecule has 0 aromatic carbocycles. The predicted molar refractivity (Wildman–Crippen MR) is 365 cm³/mol. The molecule has 534 valence electrons. The Morgan fingerprint density at radius 3 is 0.663 bits per heavy atom. The van der Waals surface area contributed by atoms with Crippen molar-refractivity contribution in [3.8, 4) is 0 Å². The minimum Gasteiger partial charge on any atom is -0.550 e. The van der Waals surface area contributed by atoms with Gasteiger partial charge in [0.1, 0.15) is 0 Å². The van der Waals surface area contributed by atoms with Crippen LogP contribution in [0.15, 0.2) is 0 Å². The molecule has 92 heavy (non-hydrogen) atoms. The summed E-state index contributed by atoms with van der Waals surface area (Å²) < 4.78 is 0. The molecule has 0 radical (unpaired) electrons. The first-order valence-electron chi connectivity index (χ1n) is 37.3. The Morgan fingerprint density at radius 2 is 0.489 bits per heavy atom. The van der Waals surface area contributed by atoms with Crippen LogP contribution in [-0.2, 0) is 67.7 Å². The van der Waals surface area contributed by atoms with Gasteiger partial charge in [0.05, 0.1) is 5.41 Å². The molecule has 0 aliphatic carbocycles. The molecule has 2 heterocycles. The van der Waals surface area contributed by atoms with Gasteiger partial charge >= 0.3 is 50.9 Å². The van der Waals surface area contributed by atoms with Gasteiger partial charge < -0.3 is 60.5 Å². The average molecular weight is 1410 g/mol. The van der Waals surface area contributed by atoms with Crippen LogP contribution in [0, 0.1) is 17.3 Å². The van der Waals surface area contributed by atoms with Crippen LogP contribution in [-0.4, -0.2) is 68.2 Å². The molecule has 0 aromatic rings. The smallest absolute Gasteiger partial charge is 0.550 e. The molecule has 14 nitrogen and oxygen atoms in total. The molecule has 0 saturated carbocycles. The van der Waals surface area contributed by atoms with Crippen molar-refractivity contribution in [3.05, 3.63) is 0 Å². The maximum atomic E-state index is 13.4. The van der Waals surface area contributed by atoms with Crippen molar-refractivity contribution in [2.24, 2.45) is 17.3 Å². The Morgan fingerprint density at radius 1 is 0.315 bits per heavy atom. The van der Waals surface area contributed by atoms with Gasteiger partial charge in [-0.1, -0.05) is 259 Å². The standard InChI is InChI=1S/C28H52N2O4.4C12H24O2.2Zn/c1-24(2)16-20(17-25(3,4)29-24)28(23(33)34,15-13-11-9-10-12-14-22(31)32)21-18-26(5,6)30-27(7,8)19-21;4*1-2-3-4-5-6-7-8-9-10-11-12(13)14;;/h20-21,29-30H,9-19H2,1-8H3,(H,31,32)(H,33,34);4*2-11H2,1H3,(H,13,14);;/q;;;;;2*+2/p-4. The van der Waals surface area contributed by atoms with Gasteiger partial charge in [-0.2, -0.15) is 0 Å². The number of unbranched alkanes of at least 4 members (excludes halogenated alkanes) is 36. The fourth-order valence-electron chi connectivity index (χ4n) is 14.1. The quantitative estimate of drug-likeness (QED) is 0.0326. The van der Waals surface area contributed by atoms with Crippen LogP contribution in [0.5, 0.6) is 0 Å². The second-order valence-corrected chi connectivity index (χ2v) is 29.8. The molecule has 0 atom stereocenters. The molecule has 2 aliphatic rings. The Hall–Kier alpha value is -2.01. The molecular weight excluding hydrogens is 1260 g/mol. The van der Waals surface area contributed by atoms with E-state index in [-0.39, 0.29) is 105 Å². The zero-order valence-electron chi connectivity index (χ0n) is 62.1. The molecule has 0 unspecified atom stereocenters. The third-order valence-electron chi connectivity index (χ3n) is 18.2. The summed E-state index contributed by atoms with van der Waals surface area (Å²) in [5.41, 5.74) is -1.19. The first kappa shape index (κ1) is 98.7. The largest absolute Gasteiger partial charge is 2.00 e. The molecule has 2 saturated heterocycles. The maximum absolute atomic E-state index is 13.4. The molecule has 0 amide bonds. The zero-order chi connectivity index (χ0) is 68.6. The molecule has 0 bridgehead atoms. The van der Waals surface area contributed by atoms with Crippen molar-refractivity contribution in [3.63, 3.8) is 0 Å². The first-order chi connectivity index (χ1) is 42.5. The van der Waals surface area contributed by atoms with Gasteiger partial charge in [-0.25, -0.2) is 0 Å². The Labute approximate surface area is 591 Å². The van der Waals surface area contributed by atoms with Crippen molar-refractivity contribution >= 4 is 35.8 Å². The van der Waals surface area contributed by atoms with Gasteiger partial charge in [0.2, 0.25) is 0 Å². The van der Waals surface area contributed by atoms with E-state index in [2.05, 4.69) is 93.7 Å². The van der Waals surface area contributed by atoms with E-state index in [1.54, 1.807) is 0 Å². The zero-order valence-corrected chi connectivity index (χ0v) is 68.0. The summed E-state index contributed by atoms with van der Waals surface area (Å²) in [6, 6.07) is 0. The minimum atomic E-state index is -0.909. The van der Waals surface area contributed by atoms with Gasteiger partial charge in [0.15, 0.2) is 0 Å². The molecule has 0 aromatic heterocycles. The molecule has 2 fully saturated rings. The number of aliphatic carboxylic acids is 6. The van der Waals surface area contributed by atoms with Crippen molar-refractivity contribution < 1.29 is 98.4 Å². The second-order valence-electron chi connectivity index (χ2n) is 29.8. The summed E-state index contributed by atoms with van der Waals surface area (Å²) in [5.74, 6) is -4.77. The molecule has 16 heteroatoms. The van der Waals surface area contributed by atoms with E-state index in [4.69, 9.17) is 5.11 Å². The number of carbonyl (C=O) groups is 6. The summed E-state index contributed by atoms with van der Waals surface area (Å²) in [5, 5.41) is 67.8. The fraction of sp³-hybridized carbons (Fsp3) is 0.921. The number of carbonyl (C=O) groups excluding carboxylic acids is 4. The van der Waals surface area contributed by atoms with Gasteiger partial charge in [-0.15, -0.1) is 0 Å². The Kier molecular flexibility index (Phi) is 67.0.